The average Bonchev–Trinajstić information content (AvgIpc) is 3.21. The SMILES string of the molecule is CCCNC(=O)NC(=O)COC(=O)c1cccc(S(=O)(=O)N2CCc3ccccc32)c1. The Bertz CT molecular complexity index is 1100. The lowest BCUT2D eigenvalue weighted by atomic mass is 10.2. The van der Waals surface area contributed by atoms with Gasteiger partial charge in [0.1, 0.15) is 0 Å². The number of amides is 3. The van der Waals surface area contributed by atoms with E-state index < -0.39 is 34.5 Å². The molecule has 0 radical (unpaired) electrons. The van der Waals surface area contributed by atoms with Crippen LogP contribution in [0.2, 0.25) is 0 Å². The van der Waals surface area contributed by atoms with Gasteiger partial charge in [0.2, 0.25) is 0 Å². The molecule has 10 heteroatoms. The first-order valence-corrected chi connectivity index (χ1v) is 11.2. The van der Waals surface area contributed by atoms with Crippen LogP contribution in [0.5, 0.6) is 0 Å². The van der Waals surface area contributed by atoms with Gasteiger partial charge in [-0.3, -0.25) is 14.4 Å². The predicted molar refractivity (Wildman–Crippen MR) is 113 cm³/mol. The van der Waals surface area contributed by atoms with Gasteiger partial charge >= 0.3 is 12.0 Å². The molecule has 0 aliphatic carbocycles. The third-order valence-electron chi connectivity index (χ3n) is 4.63. The molecule has 0 unspecified atom stereocenters. The summed E-state index contributed by atoms with van der Waals surface area (Å²) in [6.45, 7) is 1.91. The fraction of sp³-hybridized carbons (Fsp3) is 0.286. The van der Waals surface area contributed by atoms with Gasteiger partial charge in [-0.05, 0) is 42.7 Å². The highest BCUT2D eigenvalue weighted by molar-refractivity contribution is 7.92. The maximum atomic E-state index is 13.1. The number of nitrogens with one attached hydrogen (secondary N) is 2. The molecule has 0 atom stereocenters. The summed E-state index contributed by atoms with van der Waals surface area (Å²) in [5.74, 6) is -1.66. The molecule has 1 heterocycles. The minimum absolute atomic E-state index is 0.0169. The van der Waals surface area contributed by atoms with Crippen LogP contribution in [-0.4, -0.2) is 46.0 Å². The molecule has 1 aliphatic rings. The number of urea groups is 1. The summed E-state index contributed by atoms with van der Waals surface area (Å²) in [6, 6.07) is 12.0. The van der Waals surface area contributed by atoms with Crippen LogP contribution < -0.4 is 14.9 Å². The summed E-state index contributed by atoms with van der Waals surface area (Å²) in [5, 5.41) is 4.49. The van der Waals surface area contributed by atoms with Crippen molar-refractivity contribution < 1.29 is 27.5 Å². The number of carbonyl (C=O) groups is 3. The van der Waals surface area contributed by atoms with E-state index in [-0.39, 0.29) is 10.5 Å². The van der Waals surface area contributed by atoms with Crippen molar-refractivity contribution in [1.82, 2.24) is 10.6 Å². The topological polar surface area (TPSA) is 122 Å². The van der Waals surface area contributed by atoms with Gasteiger partial charge in [0, 0.05) is 13.1 Å². The molecule has 2 N–H and O–H groups in total. The van der Waals surface area contributed by atoms with E-state index in [2.05, 4.69) is 5.32 Å². The lowest BCUT2D eigenvalue weighted by molar-refractivity contribution is -0.123. The van der Waals surface area contributed by atoms with E-state index in [4.69, 9.17) is 4.74 Å². The Kier molecular flexibility index (Phi) is 6.91. The number of para-hydroxylation sites is 1. The molecule has 0 saturated heterocycles. The summed E-state index contributed by atoms with van der Waals surface area (Å²) in [7, 11) is -3.87. The lowest BCUT2D eigenvalue weighted by Crippen LogP contribution is -2.41. The molecule has 2 aromatic rings. The molecule has 0 fully saturated rings. The number of sulfonamides is 1. The number of hydrogen-bond acceptors (Lipinski definition) is 6. The van der Waals surface area contributed by atoms with Crippen LogP contribution in [0.15, 0.2) is 53.4 Å². The first-order chi connectivity index (χ1) is 14.8. The van der Waals surface area contributed by atoms with Crippen LogP contribution in [0.25, 0.3) is 0 Å². The van der Waals surface area contributed by atoms with Crippen molar-refractivity contribution in [2.75, 3.05) is 24.0 Å². The quantitative estimate of drug-likeness (QED) is 0.627. The summed E-state index contributed by atoms with van der Waals surface area (Å²) < 4.78 is 32.4. The van der Waals surface area contributed by atoms with Crippen molar-refractivity contribution in [3.05, 3.63) is 59.7 Å². The fourth-order valence-corrected chi connectivity index (χ4v) is 4.68. The molecule has 0 aromatic heterocycles. The van der Waals surface area contributed by atoms with Crippen molar-refractivity contribution in [2.45, 2.75) is 24.7 Å². The Balaban J connectivity index is 1.67. The van der Waals surface area contributed by atoms with Crippen LogP contribution in [0.4, 0.5) is 10.5 Å². The number of fused-ring (bicyclic) bond motifs is 1. The van der Waals surface area contributed by atoms with Crippen LogP contribution in [-0.2, 0) is 26.0 Å². The van der Waals surface area contributed by atoms with Crippen LogP contribution in [0.1, 0.15) is 29.3 Å². The number of hydrogen-bond donors (Lipinski definition) is 2. The van der Waals surface area contributed by atoms with Crippen molar-refractivity contribution in [1.29, 1.82) is 0 Å². The second-order valence-corrected chi connectivity index (χ2v) is 8.73. The first-order valence-electron chi connectivity index (χ1n) is 9.78. The van der Waals surface area contributed by atoms with Gasteiger partial charge in [-0.15, -0.1) is 0 Å². The number of anilines is 1. The zero-order valence-electron chi connectivity index (χ0n) is 17.0. The zero-order chi connectivity index (χ0) is 22.4. The maximum absolute atomic E-state index is 13.1. The lowest BCUT2D eigenvalue weighted by Gasteiger charge is -2.19. The minimum atomic E-state index is -3.87. The molecule has 31 heavy (non-hydrogen) atoms. The normalized spacial score (nSPS) is 12.7. The van der Waals surface area contributed by atoms with Gasteiger partial charge < -0.3 is 10.1 Å². The monoisotopic (exact) mass is 445 g/mol. The molecule has 3 rings (SSSR count). The molecular weight excluding hydrogens is 422 g/mol. The molecule has 0 bridgehead atoms. The maximum Gasteiger partial charge on any atom is 0.338 e. The smallest absolute Gasteiger partial charge is 0.338 e. The summed E-state index contributed by atoms with van der Waals surface area (Å²) >= 11 is 0. The van der Waals surface area contributed by atoms with Gasteiger partial charge in [0.15, 0.2) is 6.61 Å². The number of rotatable bonds is 7. The Morgan fingerprint density at radius 2 is 1.87 bits per heavy atom. The Morgan fingerprint density at radius 1 is 1.10 bits per heavy atom. The number of benzene rings is 2. The zero-order valence-corrected chi connectivity index (χ0v) is 17.8. The predicted octanol–water partition coefficient (Wildman–Crippen LogP) is 1.83. The largest absolute Gasteiger partial charge is 0.452 e. The molecule has 3 amide bonds. The van der Waals surface area contributed by atoms with Crippen molar-refractivity contribution in [3.8, 4) is 0 Å². The Morgan fingerprint density at radius 3 is 2.65 bits per heavy atom. The standard InChI is InChI=1S/C21H23N3O6S/c1-2-11-22-21(27)23-19(25)14-30-20(26)16-7-5-8-17(13-16)31(28,29)24-12-10-15-6-3-4-9-18(15)24/h3-9,13H,2,10-12,14H2,1H3,(H2,22,23,25,27). The van der Waals surface area contributed by atoms with Gasteiger partial charge in [-0.25, -0.2) is 18.0 Å². The molecule has 0 saturated carbocycles. The molecule has 9 nitrogen and oxygen atoms in total. The Labute approximate surface area is 180 Å². The summed E-state index contributed by atoms with van der Waals surface area (Å²) in [4.78, 5) is 35.4. The van der Waals surface area contributed by atoms with E-state index in [1.807, 2.05) is 24.4 Å². The van der Waals surface area contributed by atoms with Gasteiger partial charge in [-0.1, -0.05) is 31.2 Å². The molecular formula is C21H23N3O6S. The summed E-state index contributed by atoms with van der Waals surface area (Å²) in [5.41, 5.74) is 1.54. The van der Waals surface area contributed by atoms with Crippen LogP contribution in [0, 0.1) is 0 Å². The van der Waals surface area contributed by atoms with E-state index >= 15 is 0 Å². The second-order valence-electron chi connectivity index (χ2n) is 6.86. The molecule has 0 spiro atoms. The van der Waals surface area contributed by atoms with Crippen molar-refractivity contribution in [3.63, 3.8) is 0 Å². The summed E-state index contributed by atoms with van der Waals surface area (Å²) in [6.07, 6.45) is 1.32. The molecule has 2 aromatic carbocycles. The van der Waals surface area contributed by atoms with Crippen LogP contribution in [0.3, 0.4) is 0 Å². The number of esters is 1. The van der Waals surface area contributed by atoms with Crippen molar-refractivity contribution >= 4 is 33.6 Å². The second kappa shape index (κ2) is 9.61. The molecule has 164 valence electrons. The average molecular weight is 445 g/mol. The minimum Gasteiger partial charge on any atom is -0.452 e. The highest BCUT2D eigenvalue weighted by atomic mass is 32.2. The van der Waals surface area contributed by atoms with E-state index in [1.165, 1.54) is 28.6 Å². The highest BCUT2D eigenvalue weighted by Gasteiger charge is 2.31. The van der Waals surface area contributed by atoms with E-state index in [1.54, 1.807) is 12.1 Å². The van der Waals surface area contributed by atoms with E-state index in [0.717, 1.165) is 5.56 Å². The fourth-order valence-electron chi connectivity index (χ4n) is 3.13. The number of carbonyl (C=O) groups excluding carboxylic acids is 3. The Hall–Kier alpha value is -3.40. The van der Waals surface area contributed by atoms with Crippen LogP contribution >= 0.6 is 0 Å². The first kappa shape index (κ1) is 22.3. The third-order valence-corrected chi connectivity index (χ3v) is 6.43. The van der Waals surface area contributed by atoms with E-state index in [0.29, 0.717) is 31.6 Å². The number of ether oxygens (including phenoxy) is 1. The third kappa shape index (κ3) is 5.21. The number of nitrogens with zero attached hydrogens (tertiary/aromatic N) is 1. The number of imide groups is 1. The van der Waals surface area contributed by atoms with E-state index in [9.17, 15) is 22.8 Å². The van der Waals surface area contributed by atoms with Gasteiger partial charge in [0.05, 0.1) is 16.1 Å². The van der Waals surface area contributed by atoms with Crippen molar-refractivity contribution in [2.24, 2.45) is 0 Å². The van der Waals surface area contributed by atoms with Gasteiger partial charge in [-0.2, -0.15) is 0 Å². The highest BCUT2D eigenvalue weighted by Crippen LogP contribution is 2.32. The van der Waals surface area contributed by atoms with Gasteiger partial charge in [0.25, 0.3) is 15.9 Å². The molecule has 1 aliphatic heterocycles.